The van der Waals surface area contributed by atoms with Gasteiger partial charge in [0.2, 0.25) is 5.91 Å². The van der Waals surface area contributed by atoms with Crippen molar-refractivity contribution in [1.82, 2.24) is 15.5 Å². The van der Waals surface area contributed by atoms with E-state index in [1.54, 1.807) is 11.0 Å². The number of carbonyl (C=O) groups excluding carboxylic acids is 2. The molecule has 0 aliphatic carbocycles. The molecular formula is C15H20ClN3O2. The van der Waals surface area contributed by atoms with E-state index >= 15 is 0 Å². The number of amides is 3. The molecule has 1 atom stereocenters. The summed E-state index contributed by atoms with van der Waals surface area (Å²) in [6.45, 7) is 4.87. The molecule has 3 amide bonds. The maximum atomic E-state index is 11.9. The fourth-order valence-electron chi connectivity index (χ4n) is 2.38. The predicted molar refractivity (Wildman–Crippen MR) is 82.1 cm³/mol. The molecule has 1 heterocycles. The Hall–Kier alpha value is -1.75. The molecule has 21 heavy (non-hydrogen) atoms. The standard InChI is InChI=1S/C15H20ClN3O2/c1-10(2)19-9-12(7-14(19)20)18-15(21)17-8-11-5-3-4-6-13(11)16/h3-6,10,12H,7-9H2,1-2H3,(H2,17,18,21). The first-order chi connectivity index (χ1) is 9.97. The number of hydrogen-bond acceptors (Lipinski definition) is 2. The summed E-state index contributed by atoms with van der Waals surface area (Å²) in [5, 5.41) is 6.21. The molecule has 1 aliphatic rings. The molecule has 2 rings (SSSR count). The van der Waals surface area contributed by atoms with E-state index in [2.05, 4.69) is 10.6 Å². The highest BCUT2D eigenvalue weighted by atomic mass is 35.5. The van der Waals surface area contributed by atoms with Gasteiger partial charge >= 0.3 is 6.03 Å². The van der Waals surface area contributed by atoms with Crippen molar-refractivity contribution < 1.29 is 9.59 Å². The van der Waals surface area contributed by atoms with E-state index in [1.165, 1.54) is 0 Å². The minimum atomic E-state index is -0.279. The van der Waals surface area contributed by atoms with Crippen LogP contribution in [-0.4, -0.2) is 35.5 Å². The number of nitrogens with zero attached hydrogens (tertiary/aromatic N) is 1. The highest BCUT2D eigenvalue weighted by Crippen LogP contribution is 2.15. The maximum absolute atomic E-state index is 11.9. The van der Waals surface area contributed by atoms with Crippen molar-refractivity contribution in [1.29, 1.82) is 0 Å². The fourth-order valence-corrected chi connectivity index (χ4v) is 2.58. The van der Waals surface area contributed by atoms with Crippen LogP contribution in [-0.2, 0) is 11.3 Å². The Kier molecular flexibility index (Phi) is 5.07. The number of halogens is 1. The van der Waals surface area contributed by atoms with Crippen molar-refractivity contribution in [3.8, 4) is 0 Å². The van der Waals surface area contributed by atoms with Gasteiger partial charge in [-0.15, -0.1) is 0 Å². The third-order valence-electron chi connectivity index (χ3n) is 3.51. The molecule has 1 aromatic carbocycles. The first-order valence-corrected chi connectivity index (χ1v) is 7.42. The number of nitrogens with one attached hydrogen (secondary N) is 2. The zero-order valence-corrected chi connectivity index (χ0v) is 13.0. The third-order valence-corrected chi connectivity index (χ3v) is 3.88. The molecule has 2 N–H and O–H groups in total. The Labute approximate surface area is 129 Å². The lowest BCUT2D eigenvalue weighted by molar-refractivity contribution is -0.129. The number of carbonyl (C=O) groups is 2. The number of rotatable bonds is 4. The summed E-state index contributed by atoms with van der Waals surface area (Å²) in [6.07, 6.45) is 0.359. The van der Waals surface area contributed by atoms with Gasteiger partial charge in [-0.25, -0.2) is 4.79 Å². The van der Waals surface area contributed by atoms with Crippen molar-refractivity contribution in [2.24, 2.45) is 0 Å². The Bertz CT molecular complexity index is 533. The molecule has 0 saturated carbocycles. The predicted octanol–water partition coefficient (Wildman–Crippen LogP) is 2.15. The molecule has 1 aliphatic heterocycles. The Morgan fingerprint density at radius 1 is 1.43 bits per heavy atom. The molecule has 0 aromatic heterocycles. The first-order valence-electron chi connectivity index (χ1n) is 7.04. The minimum absolute atomic E-state index is 0.0846. The van der Waals surface area contributed by atoms with Crippen LogP contribution in [0.1, 0.15) is 25.8 Å². The molecule has 0 bridgehead atoms. The molecule has 1 unspecified atom stereocenters. The first kappa shape index (κ1) is 15.6. The average molecular weight is 310 g/mol. The van der Waals surface area contributed by atoms with Crippen LogP contribution in [0.3, 0.4) is 0 Å². The van der Waals surface area contributed by atoms with Gasteiger partial charge in [0.25, 0.3) is 0 Å². The van der Waals surface area contributed by atoms with Gasteiger partial charge in [-0.2, -0.15) is 0 Å². The number of hydrogen-bond donors (Lipinski definition) is 2. The molecule has 114 valence electrons. The summed E-state index contributed by atoms with van der Waals surface area (Å²) in [4.78, 5) is 25.4. The van der Waals surface area contributed by atoms with Crippen LogP contribution in [0.2, 0.25) is 5.02 Å². The second kappa shape index (κ2) is 6.80. The Morgan fingerprint density at radius 2 is 2.14 bits per heavy atom. The van der Waals surface area contributed by atoms with E-state index in [-0.39, 0.29) is 24.0 Å². The van der Waals surface area contributed by atoms with Crippen molar-refractivity contribution in [2.45, 2.75) is 38.9 Å². The van der Waals surface area contributed by atoms with Gasteiger partial charge in [0, 0.05) is 30.6 Å². The van der Waals surface area contributed by atoms with Gasteiger partial charge in [-0.3, -0.25) is 4.79 Å². The topological polar surface area (TPSA) is 61.4 Å². The fraction of sp³-hybridized carbons (Fsp3) is 0.467. The lowest BCUT2D eigenvalue weighted by atomic mass is 10.2. The van der Waals surface area contributed by atoms with Crippen LogP contribution in [0.15, 0.2) is 24.3 Å². The molecule has 1 saturated heterocycles. The summed E-state index contributed by atoms with van der Waals surface area (Å²) in [7, 11) is 0. The van der Waals surface area contributed by atoms with E-state index in [0.717, 1.165) is 5.56 Å². The van der Waals surface area contributed by atoms with Crippen molar-refractivity contribution >= 4 is 23.5 Å². The zero-order chi connectivity index (χ0) is 15.4. The van der Waals surface area contributed by atoms with E-state index in [0.29, 0.717) is 24.5 Å². The van der Waals surface area contributed by atoms with Gasteiger partial charge in [0.05, 0.1) is 6.04 Å². The van der Waals surface area contributed by atoms with E-state index < -0.39 is 0 Å². The highest BCUT2D eigenvalue weighted by molar-refractivity contribution is 6.31. The molecule has 1 aromatic rings. The van der Waals surface area contributed by atoms with Crippen LogP contribution in [0, 0.1) is 0 Å². The summed E-state index contributed by atoms with van der Waals surface area (Å²) >= 11 is 6.03. The van der Waals surface area contributed by atoms with E-state index in [1.807, 2.05) is 32.0 Å². The van der Waals surface area contributed by atoms with Crippen LogP contribution < -0.4 is 10.6 Å². The molecule has 1 fully saturated rings. The third kappa shape index (κ3) is 4.11. The van der Waals surface area contributed by atoms with Gasteiger partial charge in [0.1, 0.15) is 0 Å². The molecule has 5 nitrogen and oxygen atoms in total. The van der Waals surface area contributed by atoms with Crippen molar-refractivity contribution in [2.75, 3.05) is 6.54 Å². The zero-order valence-electron chi connectivity index (χ0n) is 12.2. The minimum Gasteiger partial charge on any atom is -0.338 e. The Morgan fingerprint density at radius 3 is 2.76 bits per heavy atom. The van der Waals surface area contributed by atoms with Crippen LogP contribution in [0.4, 0.5) is 4.79 Å². The largest absolute Gasteiger partial charge is 0.338 e. The van der Waals surface area contributed by atoms with Crippen molar-refractivity contribution in [3.63, 3.8) is 0 Å². The summed E-state index contributed by atoms with van der Waals surface area (Å²) in [6, 6.07) is 7.11. The summed E-state index contributed by atoms with van der Waals surface area (Å²) in [5.41, 5.74) is 0.862. The monoisotopic (exact) mass is 309 g/mol. The van der Waals surface area contributed by atoms with Gasteiger partial charge in [-0.1, -0.05) is 29.8 Å². The van der Waals surface area contributed by atoms with Gasteiger partial charge in [-0.05, 0) is 25.5 Å². The van der Waals surface area contributed by atoms with Crippen LogP contribution >= 0.6 is 11.6 Å². The quantitative estimate of drug-likeness (QED) is 0.895. The number of likely N-dealkylation sites (tertiary alicyclic amines) is 1. The molecule has 6 heteroatoms. The van der Waals surface area contributed by atoms with Gasteiger partial charge < -0.3 is 15.5 Å². The van der Waals surface area contributed by atoms with Gasteiger partial charge in [0.15, 0.2) is 0 Å². The number of urea groups is 1. The van der Waals surface area contributed by atoms with Crippen molar-refractivity contribution in [3.05, 3.63) is 34.9 Å². The maximum Gasteiger partial charge on any atom is 0.315 e. The normalized spacial score (nSPS) is 18.2. The lowest BCUT2D eigenvalue weighted by Gasteiger charge is -2.21. The second-order valence-corrected chi connectivity index (χ2v) is 5.87. The second-order valence-electron chi connectivity index (χ2n) is 5.46. The highest BCUT2D eigenvalue weighted by Gasteiger charge is 2.31. The Balaban J connectivity index is 1.81. The van der Waals surface area contributed by atoms with E-state index in [9.17, 15) is 9.59 Å². The average Bonchev–Trinajstić information content (AvgIpc) is 2.79. The van der Waals surface area contributed by atoms with E-state index in [4.69, 9.17) is 11.6 Å². The smallest absolute Gasteiger partial charge is 0.315 e. The summed E-state index contributed by atoms with van der Waals surface area (Å²) in [5.74, 6) is 0.0846. The SMILES string of the molecule is CC(C)N1CC(NC(=O)NCc2ccccc2Cl)CC1=O. The molecule has 0 spiro atoms. The van der Waals surface area contributed by atoms with Crippen LogP contribution in [0.5, 0.6) is 0 Å². The number of benzene rings is 1. The molecular weight excluding hydrogens is 290 g/mol. The summed E-state index contributed by atoms with van der Waals surface area (Å²) < 4.78 is 0. The van der Waals surface area contributed by atoms with Crippen LogP contribution in [0.25, 0.3) is 0 Å². The lowest BCUT2D eigenvalue weighted by Crippen LogP contribution is -2.43. The molecule has 0 radical (unpaired) electrons.